The first-order valence-corrected chi connectivity index (χ1v) is 7.70. The van der Waals surface area contributed by atoms with Gasteiger partial charge in [0.15, 0.2) is 0 Å². The molecule has 1 amide bonds. The summed E-state index contributed by atoms with van der Waals surface area (Å²) in [6.07, 6.45) is 3.21. The van der Waals surface area contributed by atoms with Gasteiger partial charge >= 0.3 is 6.09 Å². The van der Waals surface area contributed by atoms with Gasteiger partial charge in [-0.2, -0.15) is 0 Å². The van der Waals surface area contributed by atoms with Gasteiger partial charge in [0.05, 0.1) is 0 Å². The maximum atomic E-state index is 11.5. The van der Waals surface area contributed by atoms with Gasteiger partial charge < -0.3 is 15.4 Å². The zero-order valence-electron chi connectivity index (χ0n) is 13.7. The molecule has 0 saturated heterocycles. The van der Waals surface area contributed by atoms with E-state index < -0.39 is 5.60 Å². The summed E-state index contributed by atoms with van der Waals surface area (Å²) in [6, 6.07) is 8.47. The van der Waals surface area contributed by atoms with Gasteiger partial charge in [-0.05, 0) is 51.3 Å². The standard InChI is InChI=1S/C17H28N2O2/c1-5-6-7-14-8-10-15(11-9-14)18-12-13-19-16(20)21-17(2,3)4/h8-11,18H,5-7,12-13H2,1-4H3,(H,19,20). The van der Waals surface area contributed by atoms with Crippen LogP contribution in [-0.2, 0) is 11.2 Å². The number of hydrogen-bond acceptors (Lipinski definition) is 3. The van der Waals surface area contributed by atoms with E-state index in [-0.39, 0.29) is 6.09 Å². The molecule has 0 aliphatic heterocycles. The molecular formula is C17H28N2O2. The van der Waals surface area contributed by atoms with Gasteiger partial charge in [-0.3, -0.25) is 0 Å². The molecule has 1 aromatic rings. The van der Waals surface area contributed by atoms with E-state index in [2.05, 4.69) is 41.8 Å². The number of ether oxygens (including phenoxy) is 1. The van der Waals surface area contributed by atoms with Crippen LogP contribution in [-0.4, -0.2) is 24.8 Å². The fourth-order valence-electron chi connectivity index (χ4n) is 1.86. The van der Waals surface area contributed by atoms with Crippen LogP contribution >= 0.6 is 0 Å². The molecule has 0 saturated carbocycles. The first-order valence-electron chi connectivity index (χ1n) is 7.70. The van der Waals surface area contributed by atoms with Crippen molar-refractivity contribution in [2.45, 2.75) is 52.6 Å². The molecule has 1 rings (SSSR count). The van der Waals surface area contributed by atoms with Crippen LogP contribution in [0.15, 0.2) is 24.3 Å². The molecular weight excluding hydrogens is 264 g/mol. The molecule has 0 atom stereocenters. The number of hydrogen-bond donors (Lipinski definition) is 2. The number of nitrogens with one attached hydrogen (secondary N) is 2. The van der Waals surface area contributed by atoms with Crippen LogP contribution in [0.4, 0.5) is 10.5 Å². The third kappa shape index (κ3) is 8.23. The van der Waals surface area contributed by atoms with Crippen molar-refractivity contribution in [1.82, 2.24) is 5.32 Å². The SMILES string of the molecule is CCCCc1ccc(NCCNC(=O)OC(C)(C)C)cc1. The Morgan fingerprint density at radius 1 is 1.14 bits per heavy atom. The number of aryl methyl sites for hydroxylation is 1. The predicted octanol–water partition coefficient (Wildman–Crippen LogP) is 3.97. The topological polar surface area (TPSA) is 50.4 Å². The first-order chi connectivity index (χ1) is 9.90. The summed E-state index contributed by atoms with van der Waals surface area (Å²) in [4.78, 5) is 11.5. The van der Waals surface area contributed by atoms with E-state index in [9.17, 15) is 4.79 Å². The summed E-state index contributed by atoms with van der Waals surface area (Å²) in [5, 5.41) is 6.00. The summed E-state index contributed by atoms with van der Waals surface area (Å²) in [5.74, 6) is 0. The number of anilines is 1. The molecule has 0 spiro atoms. The second kappa shape index (κ2) is 8.55. The fraction of sp³-hybridized carbons (Fsp3) is 0.588. The van der Waals surface area contributed by atoms with E-state index in [1.54, 1.807) is 0 Å². The van der Waals surface area contributed by atoms with E-state index >= 15 is 0 Å². The Balaban J connectivity index is 2.22. The highest BCUT2D eigenvalue weighted by molar-refractivity contribution is 5.67. The Morgan fingerprint density at radius 2 is 1.81 bits per heavy atom. The van der Waals surface area contributed by atoms with Crippen molar-refractivity contribution in [3.63, 3.8) is 0 Å². The summed E-state index contributed by atoms with van der Waals surface area (Å²) >= 11 is 0. The number of carbonyl (C=O) groups excluding carboxylic acids is 1. The molecule has 0 fully saturated rings. The van der Waals surface area contributed by atoms with E-state index in [1.807, 2.05) is 20.8 Å². The molecule has 4 nitrogen and oxygen atoms in total. The van der Waals surface area contributed by atoms with Gasteiger partial charge in [0, 0.05) is 18.8 Å². The van der Waals surface area contributed by atoms with Gasteiger partial charge in [-0.1, -0.05) is 25.5 Å². The molecule has 4 heteroatoms. The van der Waals surface area contributed by atoms with Crippen molar-refractivity contribution in [3.05, 3.63) is 29.8 Å². The number of unbranched alkanes of at least 4 members (excludes halogenated alkanes) is 1. The smallest absolute Gasteiger partial charge is 0.407 e. The van der Waals surface area contributed by atoms with Crippen molar-refractivity contribution in [1.29, 1.82) is 0 Å². The Hall–Kier alpha value is -1.71. The van der Waals surface area contributed by atoms with Gasteiger partial charge in [0.1, 0.15) is 5.60 Å². The highest BCUT2D eigenvalue weighted by atomic mass is 16.6. The minimum Gasteiger partial charge on any atom is -0.444 e. The lowest BCUT2D eigenvalue weighted by Crippen LogP contribution is -2.34. The van der Waals surface area contributed by atoms with Crippen molar-refractivity contribution in [3.8, 4) is 0 Å². The lowest BCUT2D eigenvalue weighted by molar-refractivity contribution is 0.0530. The van der Waals surface area contributed by atoms with Gasteiger partial charge in [0.25, 0.3) is 0 Å². The van der Waals surface area contributed by atoms with Gasteiger partial charge in [-0.25, -0.2) is 4.79 Å². The number of amides is 1. The molecule has 2 N–H and O–H groups in total. The van der Waals surface area contributed by atoms with E-state index in [1.165, 1.54) is 18.4 Å². The summed E-state index contributed by atoms with van der Waals surface area (Å²) in [7, 11) is 0. The van der Waals surface area contributed by atoms with Crippen LogP contribution < -0.4 is 10.6 Å². The molecule has 0 unspecified atom stereocenters. The first kappa shape index (κ1) is 17.3. The third-order valence-electron chi connectivity index (χ3n) is 2.90. The van der Waals surface area contributed by atoms with Crippen molar-refractivity contribution < 1.29 is 9.53 Å². The number of benzene rings is 1. The molecule has 1 aromatic carbocycles. The number of carbonyl (C=O) groups is 1. The van der Waals surface area contributed by atoms with E-state index in [4.69, 9.17) is 4.74 Å². The minimum absolute atomic E-state index is 0.376. The maximum Gasteiger partial charge on any atom is 0.407 e. The average molecular weight is 292 g/mol. The van der Waals surface area contributed by atoms with E-state index in [0.29, 0.717) is 13.1 Å². The minimum atomic E-state index is -0.453. The second-order valence-corrected chi connectivity index (χ2v) is 6.16. The van der Waals surface area contributed by atoms with Crippen LogP contribution in [0.5, 0.6) is 0 Å². The van der Waals surface area contributed by atoms with Gasteiger partial charge in [0.2, 0.25) is 0 Å². The van der Waals surface area contributed by atoms with Crippen molar-refractivity contribution in [2.24, 2.45) is 0 Å². The molecule has 21 heavy (non-hydrogen) atoms. The lowest BCUT2D eigenvalue weighted by Gasteiger charge is -2.19. The van der Waals surface area contributed by atoms with E-state index in [0.717, 1.165) is 12.1 Å². The Morgan fingerprint density at radius 3 is 2.38 bits per heavy atom. The predicted molar refractivity (Wildman–Crippen MR) is 87.8 cm³/mol. The molecule has 118 valence electrons. The normalized spacial score (nSPS) is 11.0. The zero-order chi connectivity index (χ0) is 15.7. The highest BCUT2D eigenvalue weighted by Crippen LogP contribution is 2.11. The summed E-state index contributed by atoms with van der Waals surface area (Å²) < 4.78 is 5.17. The Kier molecular flexibility index (Phi) is 7.06. The maximum absolute atomic E-state index is 11.5. The van der Waals surface area contributed by atoms with Gasteiger partial charge in [-0.15, -0.1) is 0 Å². The van der Waals surface area contributed by atoms with Crippen LogP contribution in [0.1, 0.15) is 46.1 Å². The van der Waals surface area contributed by atoms with Crippen LogP contribution in [0, 0.1) is 0 Å². The monoisotopic (exact) mass is 292 g/mol. The van der Waals surface area contributed by atoms with Crippen LogP contribution in [0.25, 0.3) is 0 Å². The molecule has 0 bridgehead atoms. The molecule has 0 aliphatic carbocycles. The molecule has 0 heterocycles. The van der Waals surface area contributed by atoms with Crippen molar-refractivity contribution in [2.75, 3.05) is 18.4 Å². The third-order valence-corrected chi connectivity index (χ3v) is 2.90. The number of alkyl carbamates (subject to hydrolysis) is 1. The lowest BCUT2D eigenvalue weighted by atomic mass is 10.1. The Bertz CT molecular complexity index is 421. The van der Waals surface area contributed by atoms with Crippen molar-refractivity contribution >= 4 is 11.8 Å². The largest absolute Gasteiger partial charge is 0.444 e. The molecule has 0 radical (unpaired) electrons. The second-order valence-electron chi connectivity index (χ2n) is 6.16. The summed E-state index contributed by atoms with van der Waals surface area (Å²) in [6.45, 7) is 8.97. The van der Waals surface area contributed by atoms with Crippen LogP contribution in [0.3, 0.4) is 0 Å². The quantitative estimate of drug-likeness (QED) is 0.748. The Labute approximate surface area is 128 Å². The number of rotatable bonds is 7. The average Bonchev–Trinajstić information content (AvgIpc) is 2.41. The molecule has 0 aromatic heterocycles. The summed E-state index contributed by atoms with van der Waals surface area (Å²) in [5.41, 5.74) is 1.99. The zero-order valence-corrected chi connectivity index (χ0v) is 13.7. The highest BCUT2D eigenvalue weighted by Gasteiger charge is 2.15. The fourth-order valence-corrected chi connectivity index (χ4v) is 1.86. The van der Waals surface area contributed by atoms with Crippen LogP contribution in [0.2, 0.25) is 0 Å². The molecule has 0 aliphatic rings.